The normalized spacial score (nSPS) is 13.6. The van der Waals surface area contributed by atoms with Gasteiger partial charge in [0.15, 0.2) is 0 Å². The fourth-order valence-electron chi connectivity index (χ4n) is 2.42. The highest BCUT2D eigenvalue weighted by atomic mass is 35.5. The van der Waals surface area contributed by atoms with Crippen LogP contribution in [0, 0.1) is 0 Å². The molecule has 0 aliphatic rings. The van der Waals surface area contributed by atoms with Gasteiger partial charge in [-0.25, -0.2) is 0 Å². The van der Waals surface area contributed by atoms with Gasteiger partial charge in [0.1, 0.15) is 4.21 Å². The highest BCUT2D eigenvalue weighted by molar-refractivity contribution is 7.59. The largest absolute Gasteiger partial charge is 0.133 e. The van der Waals surface area contributed by atoms with Crippen LogP contribution in [-0.4, -0.2) is 4.21 Å². The number of hydrogen-bond donors (Lipinski definition) is 0. The average molecular weight is 359 g/mol. The van der Waals surface area contributed by atoms with Crippen molar-refractivity contribution < 1.29 is 0 Å². The lowest BCUT2D eigenvalue weighted by Crippen LogP contribution is -2.29. The molecular weight excluding hydrogens is 330 g/mol. The maximum atomic E-state index is 6.06. The van der Waals surface area contributed by atoms with Gasteiger partial charge >= 0.3 is 0 Å². The molecule has 1 aromatic carbocycles. The van der Waals surface area contributed by atoms with Gasteiger partial charge in [-0.15, -0.1) is 0 Å². The van der Waals surface area contributed by atoms with Crippen LogP contribution in [-0.2, 0) is 16.2 Å². The molecule has 0 nitrogen and oxygen atoms in total. The Labute approximate surface area is 148 Å². The van der Waals surface area contributed by atoms with Crippen molar-refractivity contribution in [1.82, 2.24) is 0 Å². The van der Waals surface area contributed by atoms with Gasteiger partial charge in [-0.05, 0) is 41.1 Å². The third kappa shape index (κ3) is 4.98. The summed E-state index contributed by atoms with van der Waals surface area (Å²) >= 11 is 12.1. The van der Waals surface area contributed by atoms with Crippen LogP contribution in [0.4, 0.5) is 0 Å². The summed E-state index contributed by atoms with van der Waals surface area (Å²) in [6, 6.07) is 4.68. The summed E-state index contributed by atoms with van der Waals surface area (Å²) in [6.45, 7) is 20.3. The number of halogens is 2. The van der Waals surface area contributed by atoms with E-state index in [0.717, 1.165) is 8.20 Å². The van der Waals surface area contributed by atoms with E-state index in [4.69, 9.17) is 23.2 Å². The molecule has 0 atom stereocenters. The topological polar surface area (TPSA) is 0 Å². The lowest BCUT2D eigenvalue weighted by Gasteiger charge is -2.32. The summed E-state index contributed by atoms with van der Waals surface area (Å²) in [7, 11) is 0.903. The van der Waals surface area contributed by atoms with Crippen LogP contribution >= 0.6 is 31.4 Å². The molecule has 0 aliphatic heterocycles. The molecular formula is C19H29Cl2P. The van der Waals surface area contributed by atoms with Gasteiger partial charge in [0.05, 0.1) is 0 Å². The second kappa shape index (κ2) is 6.46. The monoisotopic (exact) mass is 358 g/mol. The summed E-state index contributed by atoms with van der Waals surface area (Å²) < 4.78 is 0.402. The van der Waals surface area contributed by atoms with Crippen molar-refractivity contribution in [2.75, 3.05) is 0 Å². The van der Waals surface area contributed by atoms with Crippen LogP contribution in [0.25, 0.3) is 0 Å². The van der Waals surface area contributed by atoms with E-state index in [9.17, 15) is 0 Å². The fraction of sp³-hybridized carbons (Fsp3) is 0.632. The summed E-state index contributed by atoms with van der Waals surface area (Å²) in [4.78, 5) is 0. The standard InChI is InChI=1S/C19H29Cl2P/c1-17(2,3)12-10-13(18(4,5)6)15(22-16(20)21)14(11-12)19(7,8)9/h10-11H,1-9H3. The van der Waals surface area contributed by atoms with Crippen LogP contribution < -0.4 is 5.30 Å². The number of benzene rings is 1. The molecule has 22 heavy (non-hydrogen) atoms. The van der Waals surface area contributed by atoms with Crippen molar-refractivity contribution in [3.05, 3.63) is 28.8 Å². The third-order valence-corrected chi connectivity index (χ3v) is 5.17. The minimum atomic E-state index is 0.0484. The van der Waals surface area contributed by atoms with E-state index in [-0.39, 0.29) is 16.2 Å². The van der Waals surface area contributed by atoms with Crippen molar-refractivity contribution in [3.63, 3.8) is 0 Å². The molecule has 0 amide bonds. The Morgan fingerprint density at radius 1 is 0.727 bits per heavy atom. The van der Waals surface area contributed by atoms with E-state index in [1.807, 2.05) is 0 Å². The predicted octanol–water partition coefficient (Wildman–Crippen LogP) is 6.72. The lowest BCUT2D eigenvalue weighted by atomic mass is 9.75. The van der Waals surface area contributed by atoms with Gasteiger partial charge in [-0.3, -0.25) is 0 Å². The smallest absolute Gasteiger partial charge is 0.0654 e. The molecule has 0 aromatic heterocycles. The fourth-order valence-corrected chi connectivity index (χ4v) is 4.13. The molecule has 0 aliphatic carbocycles. The Kier molecular flexibility index (Phi) is 5.88. The molecule has 1 rings (SSSR count). The van der Waals surface area contributed by atoms with Gasteiger partial charge in [0, 0.05) is 5.30 Å². The summed E-state index contributed by atoms with van der Waals surface area (Å²) in [5.74, 6) is 0. The first-order chi connectivity index (χ1) is 9.64. The van der Waals surface area contributed by atoms with Crippen molar-refractivity contribution >= 4 is 40.9 Å². The van der Waals surface area contributed by atoms with Gasteiger partial charge in [0.2, 0.25) is 0 Å². The van der Waals surface area contributed by atoms with Gasteiger partial charge in [-0.2, -0.15) is 0 Å². The first kappa shape index (κ1) is 20.0. The number of rotatable bonds is 1. The first-order valence-electron chi connectivity index (χ1n) is 7.73. The van der Waals surface area contributed by atoms with Crippen molar-refractivity contribution in [2.24, 2.45) is 0 Å². The maximum Gasteiger partial charge on any atom is 0.133 e. The van der Waals surface area contributed by atoms with E-state index in [1.165, 1.54) is 22.0 Å². The quantitative estimate of drug-likeness (QED) is 0.489. The molecule has 0 saturated heterocycles. The minimum Gasteiger partial charge on any atom is -0.0654 e. The highest BCUT2D eigenvalue weighted by Crippen LogP contribution is 2.35. The SMILES string of the molecule is CC(C)(C)c1cc(C(C)(C)C)c(P=C(Cl)Cl)c(C(C)(C)C)c1. The molecule has 124 valence electrons. The van der Waals surface area contributed by atoms with Crippen LogP contribution in [0.2, 0.25) is 0 Å². The first-order valence-corrected chi connectivity index (χ1v) is 9.38. The molecule has 1 aromatic rings. The molecule has 0 radical (unpaired) electrons. The number of hydrogen-bond acceptors (Lipinski definition) is 0. The Morgan fingerprint density at radius 2 is 1.09 bits per heavy atom. The Morgan fingerprint density at radius 3 is 1.32 bits per heavy atom. The molecule has 0 N–H and O–H groups in total. The Balaban J connectivity index is 3.91. The van der Waals surface area contributed by atoms with E-state index >= 15 is 0 Å². The maximum absolute atomic E-state index is 6.06. The van der Waals surface area contributed by atoms with Crippen molar-refractivity contribution in [3.8, 4) is 0 Å². The molecule has 0 unspecified atom stereocenters. The highest BCUT2D eigenvalue weighted by Gasteiger charge is 2.28. The summed E-state index contributed by atoms with van der Waals surface area (Å²) in [5, 5.41) is 1.26. The van der Waals surface area contributed by atoms with Gasteiger partial charge in [0.25, 0.3) is 0 Å². The van der Waals surface area contributed by atoms with Gasteiger partial charge in [-0.1, -0.05) is 97.6 Å². The Hall–Kier alpha value is -0.0300. The van der Waals surface area contributed by atoms with Crippen molar-refractivity contribution in [1.29, 1.82) is 0 Å². The second-order valence-corrected chi connectivity index (χ2v) is 11.6. The van der Waals surface area contributed by atoms with Crippen LogP contribution in [0.5, 0.6) is 0 Å². The third-order valence-electron chi connectivity index (χ3n) is 3.79. The zero-order valence-electron chi connectivity index (χ0n) is 15.4. The molecule has 0 fully saturated rings. The lowest BCUT2D eigenvalue weighted by molar-refractivity contribution is 0.554. The molecule has 0 spiro atoms. The Bertz CT molecular complexity index is 540. The zero-order chi connectivity index (χ0) is 17.5. The summed E-state index contributed by atoms with van der Waals surface area (Å²) in [6.07, 6.45) is 0. The molecule has 3 heteroatoms. The summed E-state index contributed by atoms with van der Waals surface area (Å²) in [5.41, 5.74) is 4.26. The minimum absolute atomic E-state index is 0.0484. The predicted molar refractivity (Wildman–Crippen MR) is 106 cm³/mol. The van der Waals surface area contributed by atoms with Crippen LogP contribution in [0.15, 0.2) is 12.1 Å². The van der Waals surface area contributed by atoms with E-state index < -0.39 is 0 Å². The van der Waals surface area contributed by atoms with E-state index in [0.29, 0.717) is 4.21 Å². The van der Waals surface area contributed by atoms with Crippen molar-refractivity contribution in [2.45, 2.75) is 78.6 Å². The van der Waals surface area contributed by atoms with E-state index in [2.05, 4.69) is 74.4 Å². The zero-order valence-corrected chi connectivity index (χ0v) is 17.8. The van der Waals surface area contributed by atoms with Crippen LogP contribution in [0.1, 0.15) is 79.0 Å². The second-order valence-electron chi connectivity index (χ2n) is 9.02. The van der Waals surface area contributed by atoms with E-state index in [1.54, 1.807) is 0 Å². The molecule has 0 saturated carbocycles. The molecule has 0 bridgehead atoms. The van der Waals surface area contributed by atoms with Gasteiger partial charge < -0.3 is 0 Å². The molecule has 0 heterocycles. The van der Waals surface area contributed by atoms with Crippen LogP contribution in [0.3, 0.4) is 0 Å². The average Bonchev–Trinajstić information content (AvgIpc) is 2.23.